The summed E-state index contributed by atoms with van der Waals surface area (Å²) in [5.41, 5.74) is 0. The molecule has 0 bridgehead atoms. The molecule has 2 heteroatoms. The van der Waals surface area contributed by atoms with Gasteiger partial charge in [0.25, 0.3) is 14.1 Å². The monoisotopic (exact) mass is 244 g/mol. The zero-order valence-corrected chi connectivity index (χ0v) is 13.2. The molecule has 0 fully saturated rings. The van der Waals surface area contributed by atoms with Crippen molar-refractivity contribution >= 4 is 25.9 Å². The molecule has 1 atom stereocenters. The molecule has 0 spiro atoms. The highest BCUT2D eigenvalue weighted by Crippen LogP contribution is 2.24. The van der Waals surface area contributed by atoms with E-state index in [4.69, 9.17) is 0 Å². The van der Waals surface area contributed by atoms with Gasteiger partial charge in [-0.05, 0) is 9.86 Å². The van der Waals surface area contributed by atoms with Crippen molar-refractivity contribution in [1.82, 2.24) is 0 Å². The van der Waals surface area contributed by atoms with Gasteiger partial charge in [-0.1, -0.05) is 70.4 Å². The maximum atomic E-state index is 2.39. The van der Waals surface area contributed by atoms with Gasteiger partial charge in [0.2, 0.25) is 0 Å². The topological polar surface area (TPSA) is 0 Å². The summed E-state index contributed by atoms with van der Waals surface area (Å²) in [6.07, 6.45) is 7.18. The maximum Gasteiger partial charge on any atom is 0.279 e. The van der Waals surface area contributed by atoms with Crippen molar-refractivity contribution in [2.45, 2.75) is 74.5 Å². The Kier molecular flexibility index (Phi) is 12.0. The van der Waals surface area contributed by atoms with Crippen LogP contribution in [-0.4, -0.2) is 24.0 Å². The largest absolute Gasteiger partial charge is 0.279 e. The maximum absolute atomic E-state index is 2.39. The summed E-state index contributed by atoms with van der Waals surface area (Å²) in [5, 5.41) is 3.20. The second-order valence-electron chi connectivity index (χ2n) is 4.45. The molecule has 0 rings (SSSR count). The molecule has 0 aliphatic heterocycles. The lowest BCUT2D eigenvalue weighted by Crippen LogP contribution is -2.27. The standard InChI is InChI=1S/C5H11S.2C4H9.Al/c1-3-5-6-4-2;2*1-3-4-2;/h5H,3-4H2,1-2H3;2*1,3-4H2,2H3;. The van der Waals surface area contributed by atoms with Crippen molar-refractivity contribution in [2.75, 3.05) is 5.75 Å². The van der Waals surface area contributed by atoms with Gasteiger partial charge < -0.3 is 0 Å². The van der Waals surface area contributed by atoms with Crippen LogP contribution in [0, 0.1) is 0 Å². The predicted molar refractivity (Wildman–Crippen MR) is 77.4 cm³/mol. The van der Waals surface area contributed by atoms with Crippen LogP contribution in [0.3, 0.4) is 0 Å². The van der Waals surface area contributed by atoms with E-state index in [-0.39, 0.29) is 0 Å². The van der Waals surface area contributed by atoms with Crippen molar-refractivity contribution in [2.24, 2.45) is 0 Å². The summed E-state index contributed by atoms with van der Waals surface area (Å²) < 4.78 is 1.06. The lowest BCUT2D eigenvalue weighted by Gasteiger charge is -2.21. The van der Waals surface area contributed by atoms with Gasteiger partial charge >= 0.3 is 0 Å². The lowest BCUT2D eigenvalue weighted by atomic mass is 10.4. The first-order chi connectivity index (χ1) is 7.29. The minimum atomic E-state index is -0.439. The molecule has 0 saturated carbocycles. The minimum absolute atomic E-state index is 0.439. The fraction of sp³-hybridized carbons (Fsp3) is 1.00. The van der Waals surface area contributed by atoms with Gasteiger partial charge in [-0.25, -0.2) is 0 Å². The van der Waals surface area contributed by atoms with E-state index in [1.165, 1.54) is 37.9 Å². The number of hydrogen-bond donors (Lipinski definition) is 0. The predicted octanol–water partition coefficient (Wildman–Crippen LogP) is 5.15. The van der Waals surface area contributed by atoms with Crippen molar-refractivity contribution in [3.05, 3.63) is 0 Å². The fourth-order valence-electron chi connectivity index (χ4n) is 2.25. The molecule has 0 aliphatic carbocycles. The van der Waals surface area contributed by atoms with Crippen LogP contribution in [0.15, 0.2) is 0 Å². The van der Waals surface area contributed by atoms with E-state index in [1.54, 1.807) is 10.6 Å². The Labute approximate surface area is 106 Å². The molecule has 0 aromatic rings. The second kappa shape index (κ2) is 11.4. The number of unbranched alkanes of at least 4 members (excludes halogenated alkanes) is 2. The highest BCUT2D eigenvalue weighted by molar-refractivity contribution is 8.01. The Bertz CT molecular complexity index is 120. The van der Waals surface area contributed by atoms with Gasteiger partial charge in [-0.3, -0.25) is 0 Å². The van der Waals surface area contributed by atoms with Crippen molar-refractivity contribution < 1.29 is 0 Å². The Morgan fingerprint density at radius 3 is 1.80 bits per heavy atom. The van der Waals surface area contributed by atoms with Crippen LogP contribution >= 0.6 is 11.8 Å². The smallest absolute Gasteiger partial charge is 0.174 e. The number of thioether (sulfide) groups is 1. The molecule has 0 aromatic heterocycles. The highest BCUT2D eigenvalue weighted by Gasteiger charge is 2.25. The third kappa shape index (κ3) is 7.72. The SMILES string of the molecule is CCC[CH2][Al]([CH2]CCC)[CH](CC)SCC. The summed E-state index contributed by atoms with van der Waals surface area (Å²) in [5.74, 6) is 1.32. The van der Waals surface area contributed by atoms with E-state index < -0.39 is 14.1 Å². The van der Waals surface area contributed by atoms with E-state index in [0.717, 1.165) is 4.11 Å². The van der Waals surface area contributed by atoms with Crippen LogP contribution in [0.5, 0.6) is 0 Å². The molecule has 1 unspecified atom stereocenters. The molecule has 15 heavy (non-hydrogen) atoms. The van der Waals surface area contributed by atoms with Crippen LogP contribution in [-0.2, 0) is 0 Å². The van der Waals surface area contributed by atoms with Crippen molar-refractivity contribution in [1.29, 1.82) is 0 Å². The third-order valence-electron chi connectivity index (χ3n) is 3.17. The molecule has 0 radical (unpaired) electrons. The summed E-state index contributed by atoms with van der Waals surface area (Å²) in [6, 6.07) is 0. The summed E-state index contributed by atoms with van der Waals surface area (Å²) >= 11 is 1.81. The van der Waals surface area contributed by atoms with Crippen molar-refractivity contribution in [3.8, 4) is 0 Å². The molecule has 0 nitrogen and oxygen atoms in total. The fourth-order valence-corrected chi connectivity index (χ4v) is 8.96. The van der Waals surface area contributed by atoms with Crippen LogP contribution in [0.25, 0.3) is 0 Å². The zero-order valence-electron chi connectivity index (χ0n) is 11.2. The van der Waals surface area contributed by atoms with Gasteiger partial charge in [0.05, 0.1) is 0 Å². The lowest BCUT2D eigenvalue weighted by molar-refractivity contribution is 0.826. The highest BCUT2D eigenvalue weighted by atomic mass is 32.2. The molecule has 0 heterocycles. The summed E-state index contributed by atoms with van der Waals surface area (Å²) in [6.45, 7) is 9.38. The van der Waals surface area contributed by atoms with Gasteiger partial charge in [0.15, 0.2) is 0 Å². The zero-order chi connectivity index (χ0) is 11.5. The van der Waals surface area contributed by atoms with Crippen molar-refractivity contribution in [3.63, 3.8) is 0 Å². The molecule has 0 aromatic carbocycles. The molecule has 0 N–H and O–H groups in total. The van der Waals surface area contributed by atoms with E-state index in [2.05, 4.69) is 39.5 Å². The van der Waals surface area contributed by atoms with Crippen LogP contribution in [0.1, 0.15) is 59.8 Å². The molecular weight excluding hydrogens is 215 g/mol. The van der Waals surface area contributed by atoms with Crippen LogP contribution in [0.2, 0.25) is 10.6 Å². The van der Waals surface area contributed by atoms with Gasteiger partial charge in [-0.2, -0.15) is 11.8 Å². The van der Waals surface area contributed by atoms with E-state index in [1.807, 2.05) is 0 Å². The molecule has 0 amide bonds. The number of rotatable bonds is 10. The molecular formula is C13H29AlS. The second-order valence-corrected chi connectivity index (χ2v) is 9.93. The van der Waals surface area contributed by atoms with Crippen LogP contribution < -0.4 is 0 Å². The Morgan fingerprint density at radius 2 is 1.47 bits per heavy atom. The first kappa shape index (κ1) is 15.9. The normalized spacial score (nSPS) is 12.8. The molecule has 0 aliphatic rings. The summed E-state index contributed by atoms with van der Waals surface area (Å²) in [7, 11) is 0. The molecule has 90 valence electrons. The van der Waals surface area contributed by atoms with Gasteiger partial charge in [0.1, 0.15) is 0 Å². The van der Waals surface area contributed by atoms with E-state index in [9.17, 15) is 0 Å². The average molecular weight is 244 g/mol. The van der Waals surface area contributed by atoms with E-state index >= 15 is 0 Å². The first-order valence-corrected chi connectivity index (χ1v) is 10.3. The minimum Gasteiger partial charge on any atom is -0.174 e. The quantitative estimate of drug-likeness (QED) is 0.479. The Morgan fingerprint density at radius 1 is 0.933 bits per heavy atom. The average Bonchev–Trinajstić information content (AvgIpc) is 2.27. The Balaban J connectivity index is 4.02. The van der Waals surface area contributed by atoms with Crippen LogP contribution in [0.4, 0.5) is 0 Å². The van der Waals surface area contributed by atoms with Gasteiger partial charge in [-0.15, -0.1) is 0 Å². The first-order valence-electron chi connectivity index (χ1n) is 6.91. The number of hydrogen-bond acceptors (Lipinski definition) is 1. The Hall–Kier alpha value is 0.882. The van der Waals surface area contributed by atoms with E-state index in [0.29, 0.717) is 0 Å². The summed E-state index contributed by atoms with van der Waals surface area (Å²) in [4.78, 5) is 0. The third-order valence-corrected chi connectivity index (χ3v) is 9.82. The van der Waals surface area contributed by atoms with Gasteiger partial charge in [0, 0.05) is 0 Å². The molecule has 0 saturated heterocycles.